The van der Waals surface area contributed by atoms with Gasteiger partial charge in [0, 0.05) is 11.8 Å². The van der Waals surface area contributed by atoms with Crippen molar-refractivity contribution in [3.8, 4) is 0 Å². The Morgan fingerprint density at radius 1 is 1.36 bits per heavy atom. The van der Waals surface area contributed by atoms with Crippen molar-refractivity contribution < 1.29 is 8.78 Å². The van der Waals surface area contributed by atoms with E-state index in [1.807, 2.05) is 0 Å². The van der Waals surface area contributed by atoms with E-state index in [1.54, 1.807) is 6.92 Å². The Labute approximate surface area is 124 Å². The van der Waals surface area contributed by atoms with Crippen LogP contribution in [0.2, 0.25) is 0 Å². The highest BCUT2D eigenvalue weighted by atomic mass is 19.2. The number of nitrogen functional groups attached to an aromatic ring is 1. The van der Waals surface area contributed by atoms with Gasteiger partial charge >= 0.3 is 0 Å². The number of amidine groups is 1. The van der Waals surface area contributed by atoms with Gasteiger partial charge in [-0.15, -0.1) is 0 Å². The summed E-state index contributed by atoms with van der Waals surface area (Å²) in [4.78, 5) is 8.30. The molecule has 0 aliphatic rings. The van der Waals surface area contributed by atoms with Crippen molar-refractivity contribution in [2.24, 2.45) is 5.73 Å². The topological polar surface area (TPSA) is 93.5 Å². The van der Waals surface area contributed by atoms with Crippen LogP contribution in [0, 0.1) is 24.0 Å². The zero-order valence-electron chi connectivity index (χ0n) is 11.6. The van der Waals surface area contributed by atoms with Gasteiger partial charge in [0.25, 0.3) is 0 Å². The predicted octanol–water partition coefficient (Wildman–Crippen LogP) is 1.75. The highest BCUT2D eigenvalue weighted by Gasteiger charge is 2.17. The second-order valence-electron chi connectivity index (χ2n) is 4.79. The number of aryl methyl sites for hydroxylation is 1. The Hall–Kier alpha value is -2.90. The second-order valence-corrected chi connectivity index (χ2v) is 4.79. The molecule has 0 spiro atoms. The smallest absolute Gasteiger partial charge is 0.163 e. The molecule has 3 rings (SSSR count). The van der Waals surface area contributed by atoms with Crippen molar-refractivity contribution in [2.45, 2.75) is 13.5 Å². The molecule has 0 atom stereocenters. The minimum absolute atomic E-state index is 0.0240. The zero-order chi connectivity index (χ0) is 15.9. The fourth-order valence-corrected chi connectivity index (χ4v) is 2.18. The molecule has 0 fully saturated rings. The fourth-order valence-electron chi connectivity index (χ4n) is 2.18. The van der Waals surface area contributed by atoms with Crippen molar-refractivity contribution in [1.82, 2.24) is 19.7 Å². The summed E-state index contributed by atoms with van der Waals surface area (Å²) < 4.78 is 28.5. The van der Waals surface area contributed by atoms with Gasteiger partial charge in [0.15, 0.2) is 17.3 Å². The standard InChI is InChI=1S/C14H12F2N6/c1-7-19-5-9-12(13(17)18)21-22(14(9)20-7)6-8-3-2-4-10(15)11(8)16/h2-5H,6H2,1H3,(H3,17,18). The Morgan fingerprint density at radius 2 is 2.14 bits per heavy atom. The minimum atomic E-state index is -0.929. The number of nitrogens with one attached hydrogen (secondary N) is 1. The molecule has 2 aromatic heterocycles. The molecule has 0 aliphatic carbocycles. The van der Waals surface area contributed by atoms with Gasteiger partial charge in [-0.2, -0.15) is 5.10 Å². The molecule has 0 radical (unpaired) electrons. The first kappa shape index (κ1) is 14.1. The van der Waals surface area contributed by atoms with Crippen LogP contribution in [0.4, 0.5) is 8.78 Å². The number of nitrogens with two attached hydrogens (primary N) is 1. The van der Waals surface area contributed by atoms with Crippen LogP contribution in [-0.2, 0) is 6.54 Å². The minimum Gasteiger partial charge on any atom is -0.382 e. The maximum atomic E-state index is 13.8. The second kappa shape index (κ2) is 5.14. The van der Waals surface area contributed by atoms with Gasteiger partial charge in [0.2, 0.25) is 0 Å². The molecule has 0 aliphatic heterocycles. The Balaban J connectivity index is 2.16. The van der Waals surface area contributed by atoms with E-state index in [-0.39, 0.29) is 23.6 Å². The van der Waals surface area contributed by atoms with Gasteiger partial charge in [-0.1, -0.05) is 12.1 Å². The SMILES string of the molecule is Cc1ncc2c(C(=N)N)nn(Cc3cccc(F)c3F)c2n1. The molecule has 0 unspecified atom stereocenters. The van der Waals surface area contributed by atoms with E-state index in [9.17, 15) is 8.78 Å². The van der Waals surface area contributed by atoms with E-state index in [4.69, 9.17) is 11.1 Å². The third kappa shape index (κ3) is 2.28. The fraction of sp³-hybridized carbons (Fsp3) is 0.143. The summed E-state index contributed by atoms with van der Waals surface area (Å²) in [6.07, 6.45) is 1.51. The summed E-state index contributed by atoms with van der Waals surface area (Å²) in [7, 11) is 0. The molecule has 2 heterocycles. The molecule has 112 valence electrons. The molecular weight excluding hydrogens is 290 g/mol. The van der Waals surface area contributed by atoms with Crippen LogP contribution in [0.25, 0.3) is 11.0 Å². The van der Waals surface area contributed by atoms with Crippen LogP contribution in [0.15, 0.2) is 24.4 Å². The van der Waals surface area contributed by atoms with Crippen LogP contribution < -0.4 is 5.73 Å². The lowest BCUT2D eigenvalue weighted by molar-refractivity contribution is 0.493. The number of hydrogen-bond donors (Lipinski definition) is 2. The van der Waals surface area contributed by atoms with Gasteiger partial charge < -0.3 is 5.73 Å². The summed E-state index contributed by atoms with van der Waals surface area (Å²) in [6.45, 7) is 1.68. The van der Waals surface area contributed by atoms with E-state index in [2.05, 4.69) is 15.1 Å². The average molecular weight is 302 g/mol. The van der Waals surface area contributed by atoms with Crippen molar-refractivity contribution in [1.29, 1.82) is 5.41 Å². The summed E-state index contributed by atoms with van der Waals surface area (Å²) in [6, 6.07) is 3.94. The average Bonchev–Trinajstić information content (AvgIpc) is 2.82. The first-order chi connectivity index (χ1) is 10.5. The number of benzene rings is 1. The highest BCUT2D eigenvalue weighted by molar-refractivity contribution is 6.04. The molecule has 1 aromatic carbocycles. The number of rotatable bonds is 3. The molecule has 22 heavy (non-hydrogen) atoms. The molecule has 0 amide bonds. The lowest BCUT2D eigenvalue weighted by Gasteiger charge is -2.05. The molecule has 0 saturated heterocycles. The molecule has 8 heteroatoms. The lowest BCUT2D eigenvalue weighted by atomic mass is 10.2. The molecule has 3 aromatic rings. The van der Waals surface area contributed by atoms with Crippen LogP contribution >= 0.6 is 0 Å². The van der Waals surface area contributed by atoms with Crippen LogP contribution in [0.5, 0.6) is 0 Å². The summed E-state index contributed by atoms with van der Waals surface area (Å²) in [5.41, 5.74) is 6.26. The van der Waals surface area contributed by atoms with Gasteiger partial charge in [-0.3, -0.25) is 5.41 Å². The van der Waals surface area contributed by atoms with Gasteiger partial charge in [-0.25, -0.2) is 23.4 Å². The third-order valence-corrected chi connectivity index (χ3v) is 3.22. The molecular formula is C14H12F2N6. The Bertz CT molecular complexity index is 886. The Kier molecular flexibility index (Phi) is 3.28. The first-order valence-corrected chi connectivity index (χ1v) is 6.45. The number of halogens is 2. The summed E-state index contributed by atoms with van der Waals surface area (Å²) >= 11 is 0. The number of fused-ring (bicyclic) bond motifs is 1. The third-order valence-electron chi connectivity index (χ3n) is 3.22. The maximum Gasteiger partial charge on any atom is 0.163 e. The van der Waals surface area contributed by atoms with Gasteiger partial charge in [-0.05, 0) is 13.0 Å². The number of hydrogen-bond acceptors (Lipinski definition) is 4. The van der Waals surface area contributed by atoms with Crippen molar-refractivity contribution in [3.05, 3.63) is 53.1 Å². The van der Waals surface area contributed by atoms with Gasteiger partial charge in [0.1, 0.15) is 17.4 Å². The molecule has 3 N–H and O–H groups in total. The zero-order valence-corrected chi connectivity index (χ0v) is 11.6. The van der Waals surface area contributed by atoms with Crippen LogP contribution in [0.3, 0.4) is 0 Å². The van der Waals surface area contributed by atoms with Crippen molar-refractivity contribution in [2.75, 3.05) is 0 Å². The number of nitrogens with zero attached hydrogens (tertiary/aromatic N) is 4. The molecule has 0 bridgehead atoms. The largest absolute Gasteiger partial charge is 0.382 e. The van der Waals surface area contributed by atoms with E-state index < -0.39 is 11.6 Å². The van der Waals surface area contributed by atoms with E-state index in [0.29, 0.717) is 16.9 Å². The highest BCUT2D eigenvalue weighted by Crippen LogP contribution is 2.19. The summed E-state index contributed by atoms with van der Waals surface area (Å²) in [5.74, 6) is -1.59. The predicted molar refractivity (Wildman–Crippen MR) is 76.5 cm³/mol. The maximum absolute atomic E-state index is 13.8. The number of aromatic nitrogens is 4. The molecule has 6 nitrogen and oxygen atoms in total. The van der Waals surface area contributed by atoms with Crippen LogP contribution in [-0.4, -0.2) is 25.6 Å². The van der Waals surface area contributed by atoms with Crippen molar-refractivity contribution >= 4 is 16.9 Å². The van der Waals surface area contributed by atoms with Gasteiger partial charge in [0.05, 0.1) is 11.9 Å². The normalized spacial score (nSPS) is 11.0. The first-order valence-electron chi connectivity index (χ1n) is 6.45. The van der Waals surface area contributed by atoms with Crippen LogP contribution in [0.1, 0.15) is 17.1 Å². The monoisotopic (exact) mass is 302 g/mol. The van der Waals surface area contributed by atoms with E-state index in [0.717, 1.165) is 6.07 Å². The van der Waals surface area contributed by atoms with E-state index in [1.165, 1.54) is 23.0 Å². The van der Waals surface area contributed by atoms with Crippen molar-refractivity contribution in [3.63, 3.8) is 0 Å². The lowest BCUT2D eigenvalue weighted by Crippen LogP contribution is -2.13. The van der Waals surface area contributed by atoms with E-state index >= 15 is 0 Å². The Morgan fingerprint density at radius 3 is 2.86 bits per heavy atom. The quantitative estimate of drug-likeness (QED) is 0.569. The summed E-state index contributed by atoms with van der Waals surface area (Å²) in [5, 5.41) is 12.2. The molecule has 0 saturated carbocycles.